The molecule has 0 spiro atoms. The van der Waals surface area contributed by atoms with Crippen molar-refractivity contribution in [2.24, 2.45) is 0 Å². The summed E-state index contributed by atoms with van der Waals surface area (Å²) in [6.07, 6.45) is -0.917. The number of rotatable bonds is 4. The molecule has 3 nitrogen and oxygen atoms in total. The number of amides is 1. The highest BCUT2D eigenvalue weighted by Crippen LogP contribution is 2.32. The molecule has 0 unspecified atom stereocenters. The number of benzene rings is 2. The fourth-order valence-electron chi connectivity index (χ4n) is 1.93. The molecular formula is C16H14Cl4N2O. The van der Waals surface area contributed by atoms with Crippen LogP contribution in [0.4, 0.5) is 5.69 Å². The van der Waals surface area contributed by atoms with E-state index in [1.54, 1.807) is 24.3 Å². The van der Waals surface area contributed by atoms with Crippen molar-refractivity contribution in [3.8, 4) is 0 Å². The highest BCUT2D eigenvalue weighted by molar-refractivity contribution is 6.68. The van der Waals surface area contributed by atoms with E-state index in [9.17, 15) is 4.79 Å². The van der Waals surface area contributed by atoms with E-state index in [2.05, 4.69) is 10.6 Å². The molecule has 0 bridgehead atoms. The smallest absolute Gasteiger partial charge is 0.253 e. The Morgan fingerprint density at radius 1 is 1.09 bits per heavy atom. The molecule has 1 atom stereocenters. The van der Waals surface area contributed by atoms with Gasteiger partial charge >= 0.3 is 0 Å². The van der Waals surface area contributed by atoms with E-state index >= 15 is 0 Å². The minimum atomic E-state index is -1.74. The SMILES string of the molecule is Cc1ccccc1N[C@@H](NC(=O)c1cccc(Cl)c1)C(Cl)(Cl)Cl. The second kappa shape index (κ2) is 7.63. The molecule has 1 amide bonds. The molecule has 2 aromatic carbocycles. The van der Waals surface area contributed by atoms with Crippen LogP contribution >= 0.6 is 46.4 Å². The van der Waals surface area contributed by atoms with Crippen molar-refractivity contribution < 1.29 is 4.79 Å². The van der Waals surface area contributed by atoms with E-state index in [0.717, 1.165) is 11.3 Å². The van der Waals surface area contributed by atoms with Crippen LogP contribution in [-0.4, -0.2) is 15.9 Å². The number of alkyl halides is 3. The van der Waals surface area contributed by atoms with Crippen LogP contribution in [0.15, 0.2) is 48.5 Å². The number of carbonyl (C=O) groups is 1. The minimum absolute atomic E-state index is 0.378. The summed E-state index contributed by atoms with van der Waals surface area (Å²) in [6.45, 7) is 1.91. The van der Waals surface area contributed by atoms with Gasteiger partial charge in [0, 0.05) is 16.3 Å². The first kappa shape index (κ1) is 18.2. The largest absolute Gasteiger partial charge is 0.362 e. The number of anilines is 1. The van der Waals surface area contributed by atoms with Crippen molar-refractivity contribution in [2.45, 2.75) is 16.9 Å². The van der Waals surface area contributed by atoms with Gasteiger partial charge in [-0.05, 0) is 36.8 Å². The number of para-hydroxylation sites is 1. The molecule has 0 aromatic heterocycles. The Kier molecular flexibility index (Phi) is 6.04. The van der Waals surface area contributed by atoms with Gasteiger partial charge in [0.15, 0.2) is 0 Å². The standard InChI is InChI=1S/C16H14Cl4N2O/c1-10-5-2-3-8-13(10)21-15(16(18,19)20)22-14(23)11-6-4-7-12(17)9-11/h2-9,15,21H,1H3,(H,22,23)/t15-/m0/s1. The zero-order valence-corrected chi connectivity index (χ0v) is 15.1. The van der Waals surface area contributed by atoms with E-state index in [1.165, 1.54) is 0 Å². The van der Waals surface area contributed by atoms with Crippen LogP contribution in [0.2, 0.25) is 5.02 Å². The summed E-state index contributed by atoms with van der Waals surface area (Å²) >= 11 is 23.9. The summed E-state index contributed by atoms with van der Waals surface area (Å²) < 4.78 is -1.74. The third-order valence-electron chi connectivity index (χ3n) is 3.13. The van der Waals surface area contributed by atoms with Gasteiger partial charge in [-0.3, -0.25) is 4.79 Å². The van der Waals surface area contributed by atoms with Gasteiger partial charge < -0.3 is 10.6 Å². The lowest BCUT2D eigenvalue weighted by Crippen LogP contribution is -2.49. The van der Waals surface area contributed by atoms with Crippen LogP contribution in [0.1, 0.15) is 15.9 Å². The quantitative estimate of drug-likeness (QED) is 0.556. The van der Waals surface area contributed by atoms with E-state index in [-0.39, 0.29) is 0 Å². The van der Waals surface area contributed by atoms with Crippen molar-refractivity contribution >= 4 is 58.0 Å². The molecule has 2 N–H and O–H groups in total. The zero-order chi connectivity index (χ0) is 17.0. The molecule has 0 radical (unpaired) electrons. The van der Waals surface area contributed by atoms with E-state index in [1.807, 2.05) is 31.2 Å². The predicted octanol–water partition coefficient (Wildman–Crippen LogP) is 5.19. The van der Waals surface area contributed by atoms with Crippen molar-refractivity contribution in [3.63, 3.8) is 0 Å². The second-order valence-corrected chi connectivity index (χ2v) is 7.72. The molecule has 2 aromatic rings. The lowest BCUT2D eigenvalue weighted by molar-refractivity contribution is 0.0942. The van der Waals surface area contributed by atoms with Crippen LogP contribution in [0.25, 0.3) is 0 Å². The van der Waals surface area contributed by atoms with Crippen LogP contribution in [0.5, 0.6) is 0 Å². The van der Waals surface area contributed by atoms with E-state index < -0.39 is 15.9 Å². The summed E-state index contributed by atoms with van der Waals surface area (Å²) in [5, 5.41) is 6.17. The fraction of sp³-hybridized carbons (Fsp3) is 0.188. The molecule has 0 saturated carbocycles. The molecule has 0 fully saturated rings. The van der Waals surface area contributed by atoms with Gasteiger partial charge in [0.2, 0.25) is 3.79 Å². The molecule has 0 aliphatic heterocycles. The summed E-state index contributed by atoms with van der Waals surface area (Å²) in [5.74, 6) is -0.398. The van der Waals surface area contributed by atoms with Crippen molar-refractivity contribution in [3.05, 3.63) is 64.7 Å². The van der Waals surface area contributed by atoms with Crippen LogP contribution in [0, 0.1) is 6.92 Å². The molecule has 122 valence electrons. The fourth-order valence-corrected chi connectivity index (χ4v) is 2.45. The van der Waals surface area contributed by atoms with Gasteiger partial charge in [-0.15, -0.1) is 0 Å². The summed E-state index contributed by atoms with van der Waals surface area (Å²) in [5.41, 5.74) is 2.10. The first-order valence-electron chi connectivity index (χ1n) is 6.72. The van der Waals surface area contributed by atoms with Crippen molar-refractivity contribution in [2.75, 3.05) is 5.32 Å². The van der Waals surface area contributed by atoms with Gasteiger partial charge in [-0.1, -0.05) is 70.7 Å². The third kappa shape index (κ3) is 5.18. The van der Waals surface area contributed by atoms with Gasteiger partial charge in [0.1, 0.15) is 6.17 Å². The van der Waals surface area contributed by atoms with Gasteiger partial charge in [0.05, 0.1) is 0 Å². The number of hydrogen-bond acceptors (Lipinski definition) is 2. The number of hydrogen-bond donors (Lipinski definition) is 2. The minimum Gasteiger partial charge on any atom is -0.362 e. The van der Waals surface area contributed by atoms with Crippen LogP contribution < -0.4 is 10.6 Å². The number of aryl methyl sites for hydroxylation is 1. The highest BCUT2D eigenvalue weighted by Gasteiger charge is 2.34. The van der Waals surface area contributed by atoms with Crippen LogP contribution in [0.3, 0.4) is 0 Å². The topological polar surface area (TPSA) is 41.1 Å². The molecule has 0 heterocycles. The summed E-state index contributed by atoms with van der Waals surface area (Å²) in [4.78, 5) is 12.3. The molecular weight excluding hydrogens is 378 g/mol. The first-order valence-corrected chi connectivity index (χ1v) is 8.24. The van der Waals surface area contributed by atoms with Gasteiger partial charge in [0.25, 0.3) is 5.91 Å². The average molecular weight is 392 g/mol. The number of carbonyl (C=O) groups excluding carboxylic acids is 1. The zero-order valence-electron chi connectivity index (χ0n) is 12.1. The Labute approximate surface area is 154 Å². The molecule has 7 heteroatoms. The van der Waals surface area contributed by atoms with Gasteiger partial charge in [-0.2, -0.15) is 0 Å². The molecule has 2 rings (SSSR count). The third-order valence-corrected chi connectivity index (χ3v) is 4.02. The molecule has 0 saturated heterocycles. The maximum absolute atomic E-state index is 12.3. The monoisotopic (exact) mass is 390 g/mol. The summed E-state index contributed by atoms with van der Waals surface area (Å²) in [7, 11) is 0. The van der Waals surface area contributed by atoms with E-state index in [4.69, 9.17) is 46.4 Å². The first-order chi connectivity index (χ1) is 10.8. The lowest BCUT2D eigenvalue weighted by atomic mass is 10.2. The maximum atomic E-state index is 12.3. The van der Waals surface area contributed by atoms with Crippen molar-refractivity contribution in [1.82, 2.24) is 5.32 Å². The normalized spacial score (nSPS) is 12.6. The Bertz CT molecular complexity index is 700. The Morgan fingerprint density at radius 3 is 2.39 bits per heavy atom. The average Bonchev–Trinajstić information content (AvgIpc) is 2.47. The Hall–Kier alpha value is -1.13. The van der Waals surface area contributed by atoms with Gasteiger partial charge in [-0.25, -0.2) is 0 Å². The highest BCUT2D eigenvalue weighted by atomic mass is 35.6. The Balaban J connectivity index is 2.20. The number of nitrogens with one attached hydrogen (secondary N) is 2. The second-order valence-electron chi connectivity index (χ2n) is 4.92. The van der Waals surface area contributed by atoms with Crippen molar-refractivity contribution in [1.29, 1.82) is 0 Å². The maximum Gasteiger partial charge on any atom is 0.253 e. The molecule has 0 aliphatic rings. The Morgan fingerprint density at radius 2 is 1.78 bits per heavy atom. The lowest BCUT2D eigenvalue weighted by Gasteiger charge is -2.28. The number of halogens is 4. The molecule has 23 heavy (non-hydrogen) atoms. The summed E-state index contributed by atoms with van der Waals surface area (Å²) in [6, 6.07) is 14.0. The van der Waals surface area contributed by atoms with E-state index in [0.29, 0.717) is 10.6 Å². The molecule has 0 aliphatic carbocycles. The predicted molar refractivity (Wildman–Crippen MR) is 97.8 cm³/mol. The van der Waals surface area contributed by atoms with Crippen LogP contribution in [-0.2, 0) is 0 Å².